The Morgan fingerprint density at radius 2 is 1.55 bits per heavy atom. The minimum absolute atomic E-state index is 0.00108. The lowest BCUT2D eigenvalue weighted by Crippen LogP contribution is -2.51. The quantitative estimate of drug-likeness (QED) is 0.818. The van der Waals surface area contributed by atoms with Crippen LogP contribution in [0.5, 0.6) is 0 Å². The van der Waals surface area contributed by atoms with Gasteiger partial charge in [-0.05, 0) is 26.2 Å². The third-order valence-corrected chi connectivity index (χ3v) is 4.49. The molecule has 2 aliphatic heterocycles. The number of hydrogen-bond donors (Lipinski definition) is 1. The lowest BCUT2D eigenvalue weighted by Gasteiger charge is -2.30. The van der Waals surface area contributed by atoms with E-state index in [4.69, 9.17) is 9.47 Å². The number of urea groups is 1. The zero-order valence-electron chi connectivity index (χ0n) is 13.7. The first-order chi connectivity index (χ1) is 10.6. The van der Waals surface area contributed by atoms with Crippen LogP contribution in [-0.2, 0) is 14.3 Å². The molecule has 7 nitrogen and oxygen atoms in total. The van der Waals surface area contributed by atoms with Gasteiger partial charge in [0.15, 0.2) is 0 Å². The van der Waals surface area contributed by atoms with E-state index in [1.807, 2.05) is 4.90 Å². The fourth-order valence-corrected chi connectivity index (χ4v) is 3.09. The van der Waals surface area contributed by atoms with Crippen molar-refractivity contribution in [1.82, 2.24) is 15.1 Å². The van der Waals surface area contributed by atoms with Crippen LogP contribution in [0.1, 0.15) is 26.2 Å². The average molecular weight is 313 g/mol. The molecule has 7 heteroatoms. The predicted molar refractivity (Wildman–Crippen MR) is 81.6 cm³/mol. The van der Waals surface area contributed by atoms with E-state index >= 15 is 0 Å². The van der Waals surface area contributed by atoms with Gasteiger partial charge in [-0.1, -0.05) is 0 Å². The number of nitrogens with one attached hydrogen (secondary N) is 1. The van der Waals surface area contributed by atoms with Crippen LogP contribution >= 0.6 is 0 Å². The molecule has 0 aromatic carbocycles. The van der Waals surface area contributed by atoms with Crippen molar-refractivity contribution in [2.75, 3.05) is 40.4 Å². The number of amides is 3. The van der Waals surface area contributed by atoms with Gasteiger partial charge in [0.1, 0.15) is 18.2 Å². The molecule has 2 rings (SSSR count). The molecule has 1 N–H and O–H groups in total. The zero-order chi connectivity index (χ0) is 16.1. The van der Waals surface area contributed by atoms with Crippen molar-refractivity contribution in [1.29, 1.82) is 0 Å². The first kappa shape index (κ1) is 17.0. The number of nitrogens with zero attached hydrogens (tertiary/aromatic N) is 2. The van der Waals surface area contributed by atoms with Gasteiger partial charge in [0.2, 0.25) is 5.91 Å². The summed E-state index contributed by atoms with van der Waals surface area (Å²) in [5.41, 5.74) is 0. The summed E-state index contributed by atoms with van der Waals surface area (Å²) in [5, 5.41) is 2.79. The van der Waals surface area contributed by atoms with E-state index < -0.39 is 6.04 Å². The summed E-state index contributed by atoms with van der Waals surface area (Å²) in [6, 6.07) is -0.743. The summed E-state index contributed by atoms with van der Waals surface area (Å²) in [4.78, 5) is 28.1. The summed E-state index contributed by atoms with van der Waals surface area (Å²) < 4.78 is 10.6. The van der Waals surface area contributed by atoms with Crippen molar-refractivity contribution in [3.8, 4) is 0 Å². The zero-order valence-corrected chi connectivity index (χ0v) is 13.7. The Bertz CT molecular complexity index is 386. The van der Waals surface area contributed by atoms with Gasteiger partial charge < -0.3 is 24.6 Å². The Kier molecular flexibility index (Phi) is 6.02. The molecule has 0 aromatic heterocycles. The number of likely N-dealkylation sites (tertiary alicyclic amines) is 2. The van der Waals surface area contributed by atoms with E-state index in [0.29, 0.717) is 13.1 Å². The average Bonchev–Trinajstić information content (AvgIpc) is 2.98. The third kappa shape index (κ3) is 3.89. The van der Waals surface area contributed by atoms with E-state index in [2.05, 4.69) is 5.32 Å². The highest BCUT2D eigenvalue weighted by Crippen LogP contribution is 2.16. The highest BCUT2D eigenvalue weighted by Gasteiger charge is 2.36. The lowest BCUT2D eigenvalue weighted by atomic mass is 10.1. The number of ether oxygens (including phenoxy) is 2. The summed E-state index contributed by atoms with van der Waals surface area (Å²) in [5.74, 6) is -0.00108. The van der Waals surface area contributed by atoms with Crippen LogP contribution in [0.15, 0.2) is 0 Å². The summed E-state index contributed by atoms with van der Waals surface area (Å²) in [6.07, 6.45) is 3.02. The van der Waals surface area contributed by atoms with E-state index in [0.717, 1.165) is 25.9 Å². The van der Waals surface area contributed by atoms with Crippen LogP contribution in [-0.4, -0.2) is 80.4 Å². The molecule has 126 valence electrons. The van der Waals surface area contributed by atoms with E-state index in [9.17, 15) is 9.59 Å². The second kappa shape index (κ2) is 7.78. The SMILES string of the molecule is CO[C@H]1CN(C(=O)N[C@@H](C)C(=O)N2CCCCC2)C[C@H]1OC. The molecule has 3 amide bonds. The Balaban J connectivity index is 1.84. The molecule has 0 aromatic rings. The number of carbonyl (C=O) groups is 2. The monoisotopic (exact) mass is 313 g/mol. The van der Waals surface area contributed by atoms with Crippen molar-refractivity contribution >= 4 is 11.9 Å². The smallest absolute Gasteiger partial charge is 0.318 e. The van der Waals surface area contributed by atoms with Crippen LogP contribution in [0, 0.1) is 0 Å². The number of methoxy groups -OCH3 is 2. The second-order valence-corrected chi connectivity index (χ2v) is 6.01. The Hall–Kier alpha value is -1.34. The molecule has 2 aliphatic rings. The van der Waals surface area contributed by atoms with E-state index in [-0.39, 0.29) is 24.1 Å². The normalized spacial score (nSPS) is 26.9. The molecule has 3 atom stereocenters. The lowest BCUT2D eigenvalue weighted by molar-refractivity contribution is -0.133. The maximum absolute atomic E-state index is 12.3. The van der Waals surface area contributed by atoms with Gasteiger partial charge in [-0.3, -0.25) is 4.79 Å². The fraction of sp³-hybridized carbons (Fsp3) is 0.867. The molecule has 0 spiro atoms. The van der Waals surface area contributed by atoms with Gasteiger partial charge in [0, 0.05) is 27.3 Å². The minimum Gasteiger partial charge on any atom is -0.377 e. The molecule has 2 saturated heterocycles. The maximum Gasteiger partial charge on any atom is 0.318 e. The van der Waals surface area contributed by atoms with Crippen molar-refractivity contribution in [3.05, 3.63) is 0 Å². The number of carbonyl (C=O) groups excluding carboxylic acids is 2. The summed E-state index contributed by atoms with van der Waals surface area (Å²) in [6.45, 7) is 4.28. The summed E-state index contributed by atoms with van der Waals surface area (Å²) >= 11 is 0. The van der Waals surface area contributed by atoms with Gasteiger partial charge in [-0.25, -0.2) is 4.79 Å². The van der Waals surface area contributed by atoms with Gasteiger partial charge in [0.25, 0.3) is 0 Å². The number of rotatable bonds is 4. The van der Waals surface area contributed by atoms with Gasteiger partial charge in [0.05, 0.1) is 13.1 Å². The van der Waals surface area contributed by atoms with E-state index in [1.165, 1.54) is 6.42 Å². The maximum atomic E-state index is 12.3. The Morgan fingerprint density at radius 1 is 1.00 bits per heavy atom. The molecule has 2 fully saturated rings. The van der Waals surface area contributed by atoms with Gasteiger partial charge in [-0.15, -0.1) is 0 Å². The molecule has 22 heavy (non-hydrogen) atoms. The van der Waals surface area contributed by atoms with E-state index in [1.54, 1.807) is 26.0 Å². The van der Waals surface area contributed by atoms with Crippen molar-refractivity contribution in [2.24, 2.45) is 0 Å². The van der Waals surface area contributed by atoms with Crippen molar-refractivity contribution in [3.63, 3.8) is 0 Å². The number of piperidine rings is 1. The van der Waals surface area contributed by atoms with Crippen LogP contribution in [0.25, 0.3) is 0 Å². The molecule has 2 heterocycles. The van der Waals surface area contributed by atoms with Crippen LogP contribution in [0.3, 0.4) is 0 Å². The van der Waals surface area contributed by atoms with Gasteiger partial charge in [-0.2, -0.15) is 0 Å². The molecule has 0 radical (unpaired) electrons. The van der Waals surface area contributed by atoms with Crippen LogP contribution in [0.4, 0.5) is 4.79 Å². The summed E-state index contributed by atoms with van der Waals surface area (Å²) in [7, 11) is 3.22. The molecule has 0 aliphatic carbocycles. The topological polar surface area (TPSA) is 71.1 Å². The Morgan fingerprint density at radius 3 is 2.05 bits per heavy atom. The molecule has 0 unspecified atom stereocenters. The van der Waals surface area contributed by atoms with Crippen LogP contribution in [0.2, 0.25) is 0 Å². The first-order valence-corrected chi connectivity index (χ1v) is 7.96. The highest BCUT2D eigenvalue weighted by molar-refractivity contribution is 5.87. The number of hydrogen-bond acceptors (Lipinski definition) is 4. The third-order valence-electron chi connectivity index (χ3n) is 4.49. The Labute approximate surface area is 131 Å². The second-order valence-electron chi connectivity index (χ2n) is 6.01. The highest BCUT2D eigenvalue weighted by atomic mass is 16.5. The first-order valence-electron chi connectivity index (χ1n) is 7.96. The standard InChI is InChI=1S/C15H27N3O4/c1-11(14(19)17-7-5-4-6-8-17)16-15(20)18-9-12(21-2)13(10-18)22-3/h11-13H,4-10H2,1-3H3,(H,16,20)/t11-,12-,13+/m0/s1. The minimum atomic E-state index is -0.506. The molecule has 0 saturated carbocycles. The molecular weight excluding hydrogens is 286 g/mol. The fourth-order valence-electron chi connectivity index (χ4n) is 3.09. The van der Waals surface area contributed by atoms with Crippen molar-refractivity contribution in [2.45, 2.75) is 44.4 Å². The van der Waals surface area contributed by atoms with Gasteiger partial charge >= 0.3 is 6.03 Å². The van der Waals surface area contributed by atoms with Crippen molar-refractivity contribution < 1.29 is 19.1 Å². The van der Waals surface area contributed by atoms with Crippen LogP contribution < -0.4 is 5.32 Å². The largest absolute Gasteiger partial charge is 0.377 e. The molecule has 0 bridgehead atoms. The predicted octanol–water partition coefficient (Wildman–Crippen LogP) is 0.443. The molecular formula is C15H27N3O4.